The lowest BCUT2D eigenvalue weighted by Gasteiger charge is -2.09. The molecule has 0 spiro atoms. The van der Waals surface area contributed by atoms with Crippen molar-refractivity contribution in [2.24, 2.45) is 0 Å². The van der Waals surface area contributed by atoms with Crippen LogP contribution in [0.5, 0.6) is 0 Å². The highest BCUT2D eigenvalue weighted by molar-refractivity contribution is 6.08. The summed E-state index contributed by atoms with van der Waals surface area (Å²) in [5.41, 5.74) is 2.97. The van der Waals surface area contributed by atoms with Gasteiger partial charge in [-0.1, -0.05) is 38.1 Å². The average molecular weight is 374 g/mol. The fourth-order valence-electron chi connectivity index (χ4n) is 3.07. The third kappa shape index (κ3) is 3.24. The number of amides is 1. The van der Waals surface area contributed by atoms with Gasteiger partial charge < -0.3 is 5.32 Å². The first-order valence-corrected chi connectivity index (χ1v) is 9.04. The first-order chi connectivity index (χ1) is 13.5. The molecule has 2 heterocycles. The molecule has 0 aliphatic heterocycles. The van der Waals surface area contributed by atoms with Crippen molar-refractivity contribution in [2.45, 2.75) is 19.8 Å². The standard InChI is InChI=1S/C22H19FN4O/c1-14(2)15-9-11-16(12-10-15)24-22(28)18-7-5-13-27-20(25-26-21(18)27)17-6-3-4-8-19(17)23/h3-14H,1-2H3,(H,24,28). The highest BCUT2D eigenvalue weighted by atomic mass is 19.1. The van der Waals surface area contributed by atoms with Gasteiger partial charge in [0, 0.05) is 11.9 Å². The molecule has 4 rings (SSSR count). The number of anilines is 1. The number of fused-ring (bicyclic) bond motifs is 1. The maximum Gasteiger partial charge on any atom is 0.259 e. The van der Waals surface area contributed by atoms with E-state index in [0.717, 1.165) is 0 Å². The molecular weight excluding hydrogens is 355 g/mol. The molecule has 0 bridgehead atoms. The van der Waals surface area contributed by atoms with Gasteiger partial charge in [-0.25, -0.2) is 4.39 Å². The molecule has 0 atom stereocenters. The number of halogens is 1. The Balaban J connectivity index is 1.67. The second-order valence-corrected chi connectivity index (χ2v) is 6.85. The summed E-state index contributed by atoms with van der Waals surface area (Å²) >= 11 is 0. The van der Waals surface area contributed by atoms with Gasteiger partial charge in [0.1, 0.15) is 5.82 Å². The summed E-state index contributed by atoms with van der Waals surface area (Å²) in [6, 6.07) is 17.5. The molecule has 1 amide bonds. The maximum atomic E-state index is 14.2. The minimum Gasteiger partial charge on any atom is -0.322 e. The topological polar surface area (TPSA) is 59.3 Å². The fraction of sp³-hybridized carbons (Fsp3) is 0.136. The van der Waals surface area contributed by atoms with E-state index in [2.05, 4.69) is 29.4 Å². The molecule has 0 saturated carbocycles. The summed E-state index contributed by atoms with van der Waals surface area (Å²) in [6.07, 6.45) is 1.71. The van der Waals surface area contributed by atoms with Crippen LogP contribution in [-0.4, -0.2) is 20.5 Å². The van der Waals surface area contributed by atoms with E-state index in [4.69, 9.17) is 0 Å². The van der Waals surface area contributed by atoms with Crippen LogP contribution in [0.4, 0.5) is 10.1 Å². The molecule has 140 valence electrons. The van der Waals surface area contributed by atoms with Gasteiger partial charge in [-0.3, -0.25) is 9.20 Å². The van der Waals surface area contributed by atoms with Gasteiger partial charge in [-0.15, -0.1) is 10.2 Å². The number of rotatable bonds is 4. The van der Waals surface area contributed by atoms with Gasteiger partial charge >= 0.3 is 0 Å². The number of carbonyl (C=O) groups excluding carboxylic acids is 1. The van der Waals surface area contributed by atoms with Crippen LogP contribution in [0.15, 0.2) is 66.9 Å². The molecule has 4 aromatic rings. The average Bonchev–Trinajstić information content (AvgIpc) is 3.12. The molecule has 2 aromatic carbocycles. The molecule has 6 heteroatoms. The monoisotopic (exact) mass is 374 g/mol. The smallest absolute Gasteiger partial charge is 0.259 e. The van der Waals surface area contributed by atoms with Crippen LogP contribution in [0, 0.1) is 5.82 Å². The molecule has 0 unspecified atom stereocenters. The quantitative estimate of drug-likeness (QED) is 0.552. The second kappa shape index (κ2) is 7.23. The van der Waals surface area contributed by atoms with Crippen molar-refractivity contribution in [1.82, 2.24) is 14.6 Å². The van der Waals surface area contributed by atoms with Crippen molar-refractivity contribution < 1.29 is 9.18 Å². The SMILES string of the molecule is CC(C)c1ccc(NC(=O)c2cccn3c(-c4ccccc4F)nnc23)cc1. The number of benzene rings is 2. The van der Waals surface area contributed by atoms with Crippen molar-refractivity contribution in [1.29, 1.82) is 0 Å². The molecule has 0 aliphatic carbocycles. The Morgan fingerprint density at radius 2 is 1.75 bits per heavy atom. The summed E-state index contributed by atoms with van der Waals surface area (Å²) in [7, 11) is 0. The van der Waals surface area contributed by atoms with Crippen molar-refractivity contribution in [3.8, 4) is 11.4 Å². The van der Waals surface area contributed by atoms with Gasteiger partial charge in [0.25, 0.3) is 5.91 Å². The number of aromatic nitrogens is 3. The van der Waals surface area contributed by atoms with Crippen molar-refractivity contribution >= 4 is 17.2 Å². The van der Waals surface area contributed by atoms with Crippen LogP contribution in [-0.2, 0) is 0 Å². The summed E-state index contributed by atoms with van der Waals surface area (Å²) in [5, 5.41) is 11.1. The van der Waals surface area contributed by atoms with Crippen molar-refractivity contribution in [3.05, 3.63) is 83.8 Å². The molecule has 28 heavy (non-hydrogen) atoms. The highest BCUT2D eigenvalue weighted by Gasteiger charge is 2.17. The van der Waals surface area contributed by atoms with E-state index in [-0.39, 0.29) is 5.91 Å². The Hall–Kier alpha value is -3.54. The molecule has 0 aliphatic rings. The van der Waals surface area contributed by atoms with Gasteiger partial charge in [-0.2, -0.15) is 0 Å². The van der Waals surface area contributed by atoms with Crippen LogP contribution < -0.4 is 5.32 Å². The van der Waals surface area contributed by atoms with Gasteiger partial charge in [0.2, 0.25) is 0 Å². The summed E-state index contributed by atoms with van der Waals surface area (Å²) in [6.45, 7) is 4.24. The molecule has 0 saturated heterocycles. The summed E-state index contributed by atoms with van der Waals surface area (Å²) in [4.78, 5) is 12.8. The predicted octanol–water partition coefficient (Wildman–Crippen LogP) is 4.91. The Morgan fingerprint density at radius 1 is 1.00 bits per heavy atom. The molecule has 5 nitrogen and oxygen atoms in total. The predicted molar refractivity (Wildman–Crippen MR) is 107 cm³/mol. The van der Waals surface area contributed by atoms with Crippen LogP contribution >= 0.6 is 0 Å². The fourth-order valence-corrected chi connectivity index (χ4v) is 3.07. The third-order valence-electron chi connectivity index (χ3n) is 4.63. The summed E-state index contributed by atoms with van der Waals surface area (Å²) < 4.78 is 15.8. The molecule has 2 aromatic heterocycles. The first kappa shape index (κ1) is 17.9. The van der Waals surface area contributed by atoms with E-state index in [9.17, 15) is 9.18 Å². The molecular formula is C22H19FN4O. The lowest BCUT2D eigenvalue weighted by Crippen LogP contribution is -2.13. The Bertz CT molecular complexity index is 1150. The van der Waals surface area contributed by atoms with Crippen molar-refractivity contribution in [3.63, 3.8) is 0 Å². The van der Waals surface area contributed by atoms with Gasteiger partial charge in [-0.05, 0) is 47.9 Å². The van der Waals surface area contributed by atoms with E-state index in [1.165, 1.54) is 11.6 Å². The van der Waals surface area contributed by atoms with Crippen molar-refractivity contribution in [2.75, 3.05) is 5.32 Å². The van der Waals surface area contributed by atoms with Crippen LogP contribution in [0.25, 0.3) is 17.0 Å². The van der Waals surface area contributed by atoms with E-state index in [1.807, 2.05) is 24.3 Å². The zero-order valence-corrected chi connectivity index (χ0v) is 15.6. The zero-order valence-electron chi connectivity index (χ0n) is 15.6. The van der Waals surface area contributed by atoms with Gasteiger partial charge in [0.05, 0.1) is 11.1 Å². The Kier molecular flexibility index (Phi) is 4.61. The highest BCUT2D eigenvalue weighted by Crippen LogP contribution is 2.23. The van der Waals surface area contributed by atoms with Crippen LogP contribution in [0.2, 0.25) is 0 Å². The Morgan fingerprint density at radius 3 is 2.46 bits per heavy atom. The number of nitrogens with one attached hydrogen (secondary N) is 1. The lowest BCUT2D eigenvalue weighted by atomic mass is 10.0. The molecule has 0 radical (unpaired) electrons. The van der Waals surface area contributed by atoms with Gasteiger partial charge in [0.15, 0.2) is 11.5 Å². The van der Waals surface area contributed by atoms with Crippen LogP contribution in [0.3, 0.4) is 0 Å². The largest absolute Gasteiger partial charge is 0.322 e. The minimum absolute atomic E-state index is 0.296. The number of hydrogen-bond acceptors (Lipinski definition) is 3. The van der Waals surface area contributed by atoms with E-state index >= 15 is 0 Å². The van der Waals surface area contributed by atoms with E-state index in [0.29, 0.717) is 34.2 Å². The van der Waals surface area contributed by atoms with Crippen LogP contribution in [0.1, 0.15) is 35.7 Å². The van der Waals surface area contributed by atoms with E-state index < -0.39 is 5.82 Å². The summed E-state index contributed by atoms with van der Waals surface area (Å²) in [5.74, 6) is 0.0857. The van der Waals surface area contributed by atoms with E-state index in [1.54, 1.807) is 40.9 Å². The molecule has 1 N–H and O–H groups in total. The second-order valence-electron chi connectivity index (χ2n) is 6.85. The first-order valence-electron chi connectivity index (χ1n) is 9.04. The molecule has 0 fully saturated rings. The number of nitrogens with zero attached hydrogens (tertiary/aromatic N) is 3. The zero-order chi connectivity index (χ0) is 19.7. The minimum atomic E-state index is -0.392. The maximum absolute atomic E-state index is 14.2. The number of pyridine rings is 1. The normalized spacial score (nSPS) is 11.1. The Labute approximate surface area is 161 Å². The lowest BCUT2D eigenvalue weighted by molar-refractivity contribution is 0.102. The number of hydrogen-bond donors (Lipinski definition) is 1. The third-order valence-corrected chi connectivity index (χ3v) is 4.63. The number of carbonyl (C=O) groups is 1.